The van der Waals surface area contributed by atoms with Crippen molar-refractivity contribution in [1.29, 1.82) is 0 Å². The molecule has 0 saturated heterocycles. The zero-order chi connectivity index (χ0) is 22.5. The molecule has 0 bridgehead atoms. The van der Waals surface area contributed by atoms with Crippen molar-refractivity contribution >= 4 is 22.9 Å². The van der Waals surface area contributed by atoms with E-state index in [9.17, 15) is 13.6 Å². The Morgan fingerprint density at radius 3 is 2.62 bits per heavy atom. The number of alkyl halides is 2. The summed E-state index contributed by atoms with van der Waals surface area (Å²) in [5.74, 6) is -0.447. The van der Waals surface area contributed by atoms with Crippen molar-refractivity contribution in [2.24, 2.45) is 0 Å². The number of thiophene rings is 1. The Bertz CT molecular complexity index is 1190. The number of methoxy groups -OCH3 is 1. The van der Waals surface area contributed by atoms with E-state index in [0.29, 0.717) is 23.5 Å². The maximum atomic E-state index is 13.1. The van der Waals surface area contributed by atoms with Crippen molar-refractivity contribution in [1.82, 2.24) is 9.78 Å². The summed E-state index contributed by atoms with van der Waals surface area (Å²) in [5.41, 5.74) is 2.25. The van der Waals surface area contributed by atoms with Gasteiger partial charge in [0.2, 0.25) is 0 Å². The molecule has 1 N–H and O–H groups in total. The van der Waals surface area contributed by atoms with Crippen LogP contribution < -0.4 is 14.8 Å². The molecule has 0 spiro atoms. The summed E-state index contributed by atoms with van der Waals surface area (Å²) in [6.07, 6.45) is 1.68. The Kier molecular flexibility index (Phi) is 6.46. The molecule has 4 aromatic rings. The third-order valence-electron chi connectivity index (χ3n) is 4.59. The van der Waals surface area contributed by atoms with Gasteiger partial charge in [0.15, 0.2) is 11.5 Å². The van der Waals surface area contributed by atoms with Crippen LogP contribution in [0.4, 0.5) is 14.5 Å². The lowest BCUT2D eigenvalue weighted by Crippen LogP contribution is -2.13. The van der Waals surface area contributed by atoms with Crippen LogP contribution in [0.3, 0.4) is 0 Å². The molecule has 1 amide bonds. The van der Waals surface area contributed by atoms with Gasteiger partial charge in [-0.25, -0.2) is 0 Å². The van der Waals surface area contributed by atoms with Crippen molar-refractivity contribution in [2.75, 3.05) is 12.4 Å². The number of carbonyl (C=O) groups excluding carboxylic acids is 1. The van der Waals surface area contributed by atoms with Gasteiger partial charge < -0.3 is 14.8 Å². The van der Waals surface area contributed by atoms with Gasteiger partial charge in [-0.05, 0) is 29.1 Å². The lowest BCUT2D eigenvalue weighted by atomic mass is 10.2. The van der Waals surface area contributed by atoms with Crippen LogP contribution in [0, 0.1) is 0 Å². The second-order valence-corrected chi connectivity index (χ2v) is 7.70. The van der Waals surface area contributed by atoms with E-state index in [1.54, 1.807) is 16.9 Å². The molecule has 0 unspecified atom stereocenters. The molecule has 0 fully saturated rings. The molecule has 32 heavy (non-hydrogen) atoms. The highest BCUT2D eigenvalue weighted by molar-refractivity contribution is 7.13. The van der Waals surface area contributed by atoms with Crippen molar-refractivity contribution in [3.8, 4) is 22.1 Å². The summed E-state index contributed by atoms with van der Waals surface area (Å²) < 4.78 is 36.7. The van der Waals surface area contributed by atoms with E-state index in [2.05, 4.69) is 15.2 Å². The quantitative estimate of drug-likeness (QED) is 0.380. The first-order valence-corrected chi connectivity index (χ1v) is 10.5. The fraction of sp³-hybridized carbons (Fsp3) is 0.130. The number of rotatable bonds is 8. The summed E-state index contributed by atoms with van der Waals surface area (Å²) in [7, 11) is 1.35. The van der Waals surface area contributed by atoms with Crippen LogP contribution in [0.5, 0.6) is 11.5 Å². The zero-order valence-corrected chi connectivity index (χ0v) is 17.8. The fourth-order valence-electron chi connectivity index (χ4n) is 3.18. The van der Waals surface area contributed by atoms with E-state index in [4.69, 9.17) is 4.74 Å². The van der Waals surface area contributed by atoms with E-state index in [1.165, 1.54) is 30.6 Å². The predicted octanol–water partition coefficient (Wildman–Crippen LogP) is 5.52. The topological polar surface area (TPSA) is 65.4 Å². The SMILES string of the molecule is COc1ccc(NC(=O)c2cn(Cc3ccccc3)nc2-c2cccs2)cc1OC(F)F. The fourth-order valence-corrected chi connectivity index (χ4v) is 3.90. The van der Waals surface area contributed by atoms with Crippen LogP contribution in [0.15, 0.2) is 72.2 Å². The van der Waals surface area contributed by atoms with Gasteiger partial charge in [0.25, 0.3) is 5.91 Å². The number of hydrogen-bond acceptors (Lipinski definition) is 5. The summed E-state index contributed by atoms with van der Waals surface area (Å²) in [6, 6.07) is 17.8. The molecule has 2 aromatic heterocycles. The minimum Gasteiger partial charge on any atom is -0.493 e. The van der Waals surface area contributed by atoms with Gasteiger partial charge in [-0.2, -0.15) is 13.9 Å². The molecule has 2 heterocycles. The molecule has 6 nitrogen and oxygen atoms in total. The monoisotopic (exact) mass is 455 g/mol. The van der Waals surface area contributed by atoms with E-state index in [1.807, 2.05) is 47.8 Å². The predicted molar refractivity (Wildman–Crippen MR) is 119 cm³/mol. The maximum Gasteiger partial charge on any atom is 0.387 e. The first-order valence-electron chi connectivity index (χ1n) is 9.63. The molecule has 0 aliphatic carbocycles. The third kappa shape index (κ3) is 4.94. The van der Waals surface area contributed by atoms with Gasteiger partial charge >= 0.3 is 6.61 Å². The molecule has 9 heteroatoms. The smallest absolute Gasteiger partial charge is 0.387 e. The number of benzene rings is 2. The van der Waals surface area contributed by atoms with Gasteiger partial charge in [0, 0.05) is 18.0 Å². The van der Waals surface area contributed by atoms with Crippen LogP contribution in [0.25, 0.3) is 10.6 Å². The molecule has 0 radical (unpaired) electrons. The highest BCUT2D eigenvalue weighted by Crippen LogP contribution is 2.32. The molecule has 164 valence electrons. The lowest BCUT2D eigenvalue weighted by molar-refractivity contribution is -0.0511. The number of carbonyl (C=O) groups is 1. The van der Waals surface area contributed by atoms with Crippen LogP contribution in [0.2, 0.25) is 0 Å². The van der Waals surface area contributed by atoms with E-state index >= 15 is 0 Å². The van der Waals surface area contributed by atoms with Gasteiger partial charge in [0.1, 0.15) is 5.69 Å². The Labute approximate surface area is 187 Å². The second kappa shape index (κ2) is 9.61. The maximum absolute atomic E-state index is 13.1. The summed E-state index contributed by atoms with van der Waals surface area (Å²) in [5, 5.41) is 9.26. The highest BCUT2D eigenvalue weighted by atomic mass is 32.1. The first-order chi connectivity index (χ1) is 15.5. The molecule has 0 atom stereocenters. The van der Waals surface area contributed by atoms with Gasteiger partial charge in [0.05, 0.1) is 24.1 Å². The van der Waals surface area contributed by atoms with Gasteiger partial charge in [-0.15, -0.1) is 11.3 Å². The molecule has 2 aromatic carbocycles. The van der Waals surface area contributed by atoms with Crippen molar-refractivity contribution < 1.29 is 23.0 Å². The van der Waals surface area contributed by atoms with Crippen LogP contribution in [-0.2, 0) is 6.54 Å². The third-order valence-corrected chi connectivity index (χ3v) is 5.46. The number of aromatic nitrogens is 2. The van der Waals surface area contributed by atoms with Crippen LogP contribution >= 0.6 is 11.3 Å². The lowest BCUT2D eigenvalue weighted by Gasteiger charge is -2.12. The molecule has 0 saturated carbocycles. The summed E-state index contributed by atoms with van der Waals surface area (Å²) in [4.78, 5) is 13.9. The molecule has 0 aliphatic rings. The van der Waals surface area contributed by atoms with Gasteiger partial charge in [-0.3, -0.25) is 9.48 Å². The minimum atomic E-state index is -3.02. The Hall–Kier alpha value is -3.72. The minimum absolute atomic E-state index is 0.137. The highest BCUT2D eigenvalue weighted by Gasteiger charge is 2.20. The average molecular weight is 455 g/mol. The zero-order valence-electron chi connectivity index (χ0n) is 17.0. The number of ether oxygens (including phenoxy) is 2. The van der Waals surface area contributed by atoms with Crippen molar-refractivity contribution in [2.45, 2.75) is 13.2 Å². The van der Waals surface area contributed by atoms with Crippen molar-refractivity contribution in [3.63, 3.8) is 0 Å². The standard InChI is InChI=1S/C23H19F2N3O3S/c1-30-18-10-9-16(12-19(18)31-23(24)25)26-22(29)17-14-28(13-15-6-3-2-4-7-15)27-21(17)20-8-5-11-32-20/h2-12,14,23H,13H2,1H3,(H,26,29). The number of nitrogens with zero attached hydrogens (tertiary/aromatic N) is 2. The number of halogens is 2. The van der Waals surface area contributed by atoms with Gasteiger partial charge in [-0.1, -0.05) is 36.4 Å². The first kappa shape index (κ1) is 21.5. The van der Waals surface area contributed by atoms with Crippen LogP contribution in [-0.4, -0.2) is 29.4 Å². The molecule has 4 rings (SSSR count). The number of hydrogen-bond donors (Lipinski definition) is 1. The Morgan fingerprint density at radius 1 is 1.12 bits per heavy atom. The Balaban J connectivity index is 1.63. The summed E-state index contributed by atoms with van der Waals surface area (Å²) in [6.45, 7) is -2.52. The number of amides is 1. The number of nitrogens with one attached hydrogen (secondary N) is 1. The van der Waals surface area contributed by atoms with E-state index in [0.717, 1.165) is 10.4 Å². The second-order valence-electron chi connectivity index (χ2n) is 6.75. The molecular formula is C23H19F2N3O3S. The van der Waals surface area contributed by atoms with E-state index < -0.39 is 12.5 Å². The average Bonchev–Trinajstić information content (AvgIpc) is 3.44. The molecular weight excluding hydrogens is 436 g/mol. The Morgan fingerprint density at radius 2 is 1.94 bits per heavy atom. The largest absolute Gasteiger partial charge is 0.493 e. The normalized spacial score (nSPS) is 10.9. The number of anilines is 1. The van der Waals surface area contributed by atoms with Crippen LogP contribution in [0.1, 0.15) is 15.9 Å². The molecule has 0 aliphatic heterocycles. The van der Waals surface area contributed by atoms with Crippen molar-refractivity contribution in [3.05, 3.63) is 83.4 Å². The summed E-state index contributed by atoms with van der Waals surface area (Å²) >= 11 is 1.47. The van der Waals surface area contributed by atoms with E-state index in [-0.39, 0.29) is 11.5 Å².